The molecule has 2 aromatic heterocycles. The highest BCUT2D eigenvalue weighted by molar-refractivity contribution is 7.99. The van der Waals surface area contributed by atoms with E-state index in [0.29, 0.717) is 27.9 Å². The van der Waals surface area contributed by atoms with E-state index in [4.69, 9.17) is 0 Å². The number of carbonyl (C=O) groups is 2. The van der Waals surface area contributed by atoms with Gasteiger partial charge in [0.05, 0.1) is 5.75 Å². The molecule has 9 heteroatoms. The van der Waals surface area contributed by atoms with Gasteiger partial charge < -0.3 is 10.6 Å². The van der Waals surface area contributed by atoms with Gasteiger partial charge in [-0.3, -0.25) is 9.59 Å². The van der Waals surface area contributed by atoms with E-state index >= 15 is 0 Å². The summed E-state index contributed by atoms with van der Waals surface area (Å²) >= 11 is 1.32. The van der Waals surface area contributed by atoms with Gasteiger partial charge in [-0.1, -0.05) is 47.7 Å². The van der Waals surface area contributed by atoms with Gasteiger partial charge in [-0.25, -0.2) is 0 Å². The van der Waals surface area contributed by atoms with Crippen molar-refractivity contribution in [2.45, 2.75) is 18.9 Å². The van der Waals surface area contributed by atoms with Gasteiger partial charge in [0.1, 0.15) is 5.03 Å². The van der Waals surface area contributed by atoms with Crippen LogP contribution in [0.3, 0.4) is 0 Å². The second-order valence-electron chi connectivity index (χ2n) is 6.93. The van der Waals surface area contributed by atoms with Crippen molar-refractivity contribution in [3.8, 4) is 11.4 Å². The van der Waals surface area contributed by atoms with Crippen molar-refractivity contribution in [3.05, 3.63) is 66.2 Å². The van der Waals surface area contributed by atoms with Gasteiger partial charge in [0.15, 0.2) is 11.5 Å². The Morgan fingerprint density at radius 2 is 1.71 bits per heavy atom. The summed E-state index contributed by atoms with van der Waals surface area (Å²) in [5.74, 6) is 0.496. The van der Waals surface area contributed by atoms with Crippen molar-refractivity contribution in [3.63, 3.8) is 0 Å². The van der Waals surface area contributed by atoms with E-state index in [9.17, 15) is 9.59 Å². The lowest BCUT2D eigenvalue weighted by atomic mass is 10.1. The van der Waals surface area contributed by atoms with Crippen LogP contribution >= 0.6 is 11.8 Å². The normalized spacial score (nSPS) is 10.8. The number of nitrogens with one attached hydrogen (secondary N) is 2. The average molecular weight is 433 g/mol. The van der Waals surface area contributed by atoms with Crippen molar-refractivity contribution in [2.75, 3.05) is 16.4 Å². The van der Waals surface area contributed by atoms with Crippen LogP contribution in [-0.2, 0) is 9.59 Å². The average Bonchev–Trinajstić information content (AvgIpc) is 3.16. The molecule has 0 radical (unpaired) electrons. The zero-order chi connectivity index (χ0) is 21.8. The summed E-state index contributed by atoms with van der Waals surface area (Å²) < 4.78 is 1.68. The highest BCUT2D eigenvalue weighted by atomic mass is 32.2. The molecule has 2 heterocycles. The zero-order valence-electron chi connectivity index (χ0n) is 17.0. The fourth-order valence-corrected chi connectivity index (χ4v) is 3.60. The van der Waals surface area contributed by atoms with Gasteiger partial charge in [0.25, 0.3) is 0 Å². The summed E-state index contributed by atoms with van der Waals surface area (Å²) in [6.45, 7) is 3.46. The molecule has 0 aliphatic heterocycles. The Hall–Kier alpha value is -3.72. The lowest BCUT2D eigenvalue weighted by Gasteiger charge is -2.08. The molecule has 2 aromatic carbocycles. The van der Waals surface area contributed by atoms with E-state index in [0.717, 1.165) is 11.1 Å². The predicted octanol–water partition coefficient (Wildman–Crippen LogP) is 3.79. The van der Waals surface area contributed by atoms with E-state index in [1.807, 2.05) is 43.3 Å². The maximum Gasteiger partial charge on any atom is 0.234 e. The number of thioether (sulfide) groups is 1. The van der Waals surface area contributed by atoms with Crippen LogP contribution in [0.1, 0.15) is 12.5 Å². The zero-order valence-corrected chi connectivity index (χ0v) is 17.8. The molecular formula is C22H20N6O2S. The van der Waals surface area contributed by atoms with Crippen LogP contribution in [0.25, 0.3) is 17.0 Å². The van der Waals surface area contributed by atoms with Crippen LogP contribution in [0.15, 0.2) is 65.7 Å². The minimum Gasteiger partial charge on any atom is -0.326 e. The van der Waals surface area contributed by atoms with Crippen LogP contribution < -0.4 is 10.6 Å². The molecule has 2 amide bonds. The third-order valence-corrected chi connectivity index (χ3v) is 5.29. The second kappa shape index (κ2) is 8.97. The Kier molecular flexibility index (Phi) is 5.94. The highest BCUT2D eigenvalue weighted by Crippen LogP contribution is 2.22. The number of aromatic nitrogens is 4. The molecule has 0 aliphatic carbocycles. The van der Waals surface area contributed by atoms with Crippen LogP contribution in [0.4, 0.5) is 11.4 Å². The van der Waals surface area contributed by atoms with Crippen molar-refractivity contribution in [1.82, 2.24) is 19.8 Å². The molecule has 31 heavy (non-hydrogen) atoms. The Balaban J connectivity index is 1.44. The number of anilines is 2. The maximum atomic E-state index is 12.4. The lowest BCUT2D eigenvalue weighted by molar-refractivity contribution is -0.114. The van der Waals surface area contributed by atoms with Crippen LogP contribution in [0.5, 0.6) is 0 Å². The van der Waals surface area contributed by atoms with Crippen molar-refractivity contribution in [1.29, 1.82) is 0 Å². The number of benzene rings is 2. The molecule has 0 saturated carbocycles. The third kappa shape index (κ3) is 5.07. The Bertz CT molecular complexity index is 1250. The number of carbonyl (C=O) groups excluding carboxylic acids is 2. The predicted molar refractivity (Wildman–Crippen MR) is 121 cm³/mol. The standard InChI is InChI=1S/C22H20N6O2S/c1-14-6-8-16(9-7-14)22-26-25-19-10-11-21(27-28(19)22)31-13-20(30)24-18-5-3-4-17(12-18)23-15(2)29/h3-12H,13H2,1-2H3,(H,23,29)(H,24,30). The van der Waals surface area contributed by atoms with E-state index in [1.165, 1.54) is 18.7 Å². The maximum absolute atomic E-state index is 12.4. The quantitative estimate of drug-likeness (QED) is 0.450. The van der Waals surface area contributed by atoms with Gasteiger partial charge in [-0.2, -0.15) is 9.61 Å². The molecule has 0 atom stereocenters. The summed E-state index contributed by atoms with van der Waals surface area (Å²) in [6.07, 6.45) is 0. The molecule has 4 aromatic rings. The second-order valence-corrected chi connectivity index (χ2v) is 7.93. The van der Waals surface area contributed by atoms with Gasteiger partial charge in [0.2, 0.25) is 11.8 Å². The van der Waals surface area contributed by atoms with Gasteiger partial charge in [-0.15, -0.1) is 10.2 Å². The Morgan fingerprint density at radius 3 is 2.45 bits per heavy atom. The molecule has 4 rings (SSSR count). The van der Waals surface area contributed by atoms with Crippen LogP contribution in [0, 0.1) is 6.92 Å². The van der Waals surface area contributed by atoms with E-state index in [-0.39, 0.29) is 17.6 Å². The molecular weight excluding hydrogens is 412 g/mol. The van der Waals surface area contributed by atoms with Gasteiger partial charge >= 0.3 is 0 Å². The SMILES string of the molecule is CC(=O)Nc1cccc(NC(=O)CSc2ccc3nnc(-c4ccc(C)cc4)n3n2)c1. The molecule has 156 valence electrons. The number of hydrogen-bond donors (Lipinski definition) is 2. The summed E-state index contributed by atoms with van der Waals surface area (Å²) in [5, 5.41) is 19.2. The molecule has 0 aliphatic rings. The first-order valence-corrected chi connectivity index (χ1v) is 10.6. The number of hydrogen-bond acceptors (Lipinski definition) is 6. The number of aryl methyl sites for hydroxylation is 1. The molecule has 8 nitrogen and oxygen atoms in total. The number of nitrogens with zero attached hydrogens (tertiary/aromatic N) is 4. The van der Waals surface area contributed by atoms with Crippen molar-refractivity contribution < 1.29 is 9.59 Å². The molecule has 0 spiro atoms. The van der Waals surface area contributed by atoms with Crippen LogP contribution in [0.2, 0.25) is 0 Å². The minimum atomic E-state index is -0.172. The van der Waals surface area contributed by atoms with Crippen molar-refractivity contribution >= 4 is 40.6 Å². The first-order valence-electron chi connectivity index (χ1n) is 9.58. The molecule has 0 saturated heterocycles. The molecule has 0 unspecified atom stereocenters. The van der Waals surface area contributed by atoms with Crippen LogP contribution in [-0.4, -0.2) is 37.4 Å². The summed E-state index contributed by atoms with van der Waals surface area (Å²) in [5.41, 5.74) is 3.96. The summed E-state index contributed by atoms with van der Waals surface area (Å²) in [6, 6.07) is 18.6. The Morgan fingerprint density at radius 1 is 0.968 bits per heavy atom. The minimum absolute atomic E-state index is 0.167. The molecule has 0 bridgehead atoms. The number of fused-ring (bicyclic) bond motifs is 1. The van der Waals surface area contributed by atoms with Crippen molar-refractivity contribution in [2.24, 2.45) is 0 Å². The largest absolute Gasteiger partial charge is 0.326 e. The number of amides is 2. The van der Waals surface area contributed by atoms with E-state index < -0.39 is 0 Å². The van der Waals surface area contributed by atoms with Gasteiger partial charge in [0, 0.05) is 23.9 Å². The number of rotatable bonds is 6. The fraction of sp³-hybridized carbons (Fsp3) is 0.136. The topological polar surface area (TPSA) is 101 Å². The fourth-order valence-electron chi connectivity index (χ4n) is 2.95. The third-order valence-electron chi connectivity index (χ3n) is 4.37. The summed E-state index contributed by atoms with van der Waals surface area (Å²) in [7, 11) is 0. The first-order chi connectivity index (χ1) is 15.0. The summed E-state index contributed by atoms with van der Waals surface area (Å²) in [4.78, 5) is 23.6. The first kappa shape index (κ1) is 20.5. The highest BCUT2D eigenvalue weighted by Gasteiger charge is 2.11. The monoisotopic (exact) mass is 432 g/mol. The smallest absolute Gasteiger partial charge is 0.234 e. The van der Waals surface area contributed by atoms with E-state index in [2.05, 4.69) is 25.9 Å². The lowest BCUT2D eigenvalue weighted by Crippen LogP contribution is -2.14. The molecule has 0 fully saturated rings. The van der Waals surface area contributed by atoms with E-state index in [1.54, 1.807) is 28.8 Å². The van der Waals surface area contributed by atoms with Gasteiger partial charge in [-0.05, 0) is 37.3 Å². The Labute approximate surface area is 183 Å². The molecule has 2 N–H and O–H groups in total.